The Hall–Kier alpha value is -0.870. The molecule has 0 aliphatic heterocycles. The van der Waals surface area contributed by atoms with Gasteiger partial charge in [0.15, 0.2) is 0 Å². The summed E-state index contributed by atoms with van der Waals surface area (Å²) in [7, 11) is 0. The second kappa shape index (κ2) is 6.90. The lowest BCUT2D eigenvalue weighted by Crippen LogP contribution is -2.29. The molecule has 18 heavy (non-hydrogen) atoms. The van der Waals surface area contributed by atoms with Gasteiger partial charge < -0.3 is 15.3 Å². The van der Waals surface area contributed by atoms with Crippen LogP contribution in [0.25, 0.3) is 0 Å². The molecular weight excluding hydrogens is 232 g/mol. The molecule has 1 aliphatic rings. The third kappa shape index (κ3) is 3.82. The van der Waals surface area contributed by atoms with Gasteiger partial charge in [0.25, 0.3) is 0 Å². The molecule has 1 fully saturated rings. The topological polar surface area (TPSA) is 77.8 Å². The number of hydrogen-bond acceptors (Lipinski definition) is 3. The highest BCUT2D eigenvalue weighted by atomic mass is 16.4. The van der Waals surface area contributed by atoms with Crippen LogP contribution in [-0.4, -0.2) is 34.5 Å². The van der Waals surface area contributed by atoms with Crippen LogP contribution in [0.1, 0.15) is 33.1 Å². The van der Waals surface area contributed by atoms with Gasteiger partial charge in [-0.3, -0.25) is 0 Å². The molecule has 1 rings (SSSR count). The average Bonchev–Trinajstić information content (AvgIpc) is 2.34. The van der Waals surface area contributed by atoms with E-state index in [1.165, 1.54) is 0 Å². The highest BCUT2D eigenvalue weighted by Gasteiger charge is 2.31. The monoisotopic (exact) mass is 256 g/mol. The van der Waals surface area contributed by atoms with Crippen LogP contribution >= 0.6 is 0 Å². The molecule has 4 nitrogen and oxygen atoms in total. The number of carboxylic acid groups (broad SMARTS) is 1. The fraction of sp³-hybridized carbons (Fsp3) is 0.786. The van der Waals surface area contributed by atoms with E-state index in [1.54, 1.807) is 6.08 Å². The summed E-state index contributed by atoms with van der Waals surface area (Å²) < 4.78 is 0. The first kappa shape index (κ1) is 15.2. The van der Waals surface area contributed by atoms with Gasteiger partial charge in [0.1, 0.15) is 0 Å². The van der Waals surface area contributed by atoms with E-state index in [0.29, 0.717) is 11.8 Å². The van der Waals surface area contributed by atoms with Gasteiger partial charge in [-0.2, -0.15) is 0 Å². The van der Waals surface area contributed by atoms with Crippen molar-refractivity contribution in [2.24, 2.45) is 23.7 Å². The number of aliphatic carboxylic acids is 1. The molecule has 0 saturated heterocycles. The van der Waals surface area contributed by atoms with Crippen LogP contribution in [0.2, 0.25) is 0 Å². The van der Waals surface area contributed by atoms with Crippen molar-refractivity contribution in [2.75, 3.05) is 13.2 Å². The molecule has 0 aromatic rings. The standard InChI is InChI=1S/C14H24O4/c1-9(2)13-4-3-10(7-15)5-11(13)6-12(8-16)14(17)18/h6,9-11,13,15-16H,3-5,7-8H2,1-2H3,(H,17,18)/b12-6+/t10-,11+,13+/m0/s1. The maximum Gasteiger partial charge on any atom is 0.333 e. The lowest BCUT2D eigenvalue weighted by Gasteiger charge is -2.36. The first-order valence-corrected chi connectivity index (χ1v) is 6.65. The Morgan fingerprint density at radius 3 is 2.44 bits per heavy atom. The minimum Gasteiger partial charge on any atom is -0.478 e. The highest BCUT2D eigenvalue weighted by molar-refractivity contribution is 5.86. The fourth-order valence-electron chi connectivity index (χ4n) is 2.95. The Labute approximate surface area is 108 Å². The first-order chi connectivity index (χ1) is 8.49. The predicted molar refractivity (Wildman–Crippen MR) is 69.0 cm³/mol. The predicted octanol–water partition coefficient (Wildman–Crippen LogP) is 1.67. The largest absolute Gasteiger partial charge is 0.478 e. The van der Waals surface area contributed by atoms with Crippen LogP contribution in [-0.2, 0) is 4.79 Å². The fourth-order valence-corrected chi connectivity index (χ4v) is 2.95. The molecule has 0 aromatic heterocycles. The maximum atomic E-state index is 11.0. The van der Waals surface area contributed by atoms with Crippen LogP contribution in [0.4, 0.5) is 0 Å². The van der Waals surface area contributed by atoms with Crippen LogP contribution < -0.4 is 0 Å². The number of aliphatic hydroxyl groups excluding tert-OH is 2. The summed E-state index contributed by atoms with van der Waals surface area (Å²) >= 11 is 0. The Balaban J connectivity index is 2.87. The zero-order valence-corrected chi connectivity index (χ0v) is 11.2. The molecule has 3 atom stereocenters. The van der Waals surface area contributed by atoms with Crippen LogP contribution in [0, 0.1) is 23.7 Å². The minimum atomic E-state index is -1.05. The molecule has 0 amide bonds. The molecule has 0 bridgehead atoms. The number of aliphatic hydroxyl groups is 2. The third-order valence-corrected chi connectivity index (χ3v) is 4.04. The highest BCUT2D eigenvalue weighted by Crippen LogP contribution is 2.39. The van der Waals surface area contributed by atoms with Crippen molar-refractivity contribution >= 4 is 5.97 Å². The van der Waals surface area contributed by atoms with Crippen molar-refractivity contribution in [3.8, 4) is 0 Å². The van der Waals surface area contributed by atoms with Gasteiger partial charge in [0.2, 0.25) is 0 Å². The third-order valence-electron chi connectivity index (χ3n) is 4.04. The molecule has 0 aromatic carbocycles. The number of carbonyl (C=O) groups is 1. The van der Waals surface area contributed by atoms with Gasteiger partial charge in [-0.05, 0) is 42.9 Å². The van der Waals surface area contributed by atoms with Crippen LogP contribution in [0.5, 0.6) is 0 Å². The molecule has 0 radical (unpaired) electrons. The summed E-state index contributed by atoms with van der Waals surface area (Å²) in [4.78, 5) is 11.0. The molecule has 104 valence electrons. The quantitative estimate of drug-likeness (QED) is 0.654. The Kier molecular flexibility index (Phi) is 5.82. The van der Waals surface area contributed by atoms with Gasteiger partial charge >= 0.3 is 5.97 Å². The molecule has 0 unspecified atom stereocenters. The molecule has 0 heterocycles. The summed E-state index contributed by atoms with van der Waals surface area (Å²) in [5, 5.41) is 27.3. The number of carboxylic acids is 1. The van der Waals surface area contributed by atoms with E-state index in [-0.39, 0.29) is 24.0 Å². The number of rotatable bonds is 5. The van der Waals surface area contributed by atoms with E-state index in [4.69, 9.17) is 10.2 Å². The molecule has 3 N–H and O–H groups in total. The van der Waals surface area contributed by atoms with Crippen molar-refractivity contribution < 1.29 is 20.1 Å². The summed E-state index contributed by atoms with van der Waals surface area (Å²) in [6.07, 6.45) is 4.54. The first-order valence-electron chi connectivity index (χ1n) is 6.65. The van der Waals surface area contributed by atoms with Crippen LogP contribution in [0.3, 0.4) is 0 Å². The second-order valence-electron chi connectivity index (χ2n) is 5.59. The molecular formula is C14H24O4. The van der Waals surface area contributed by atoms with Gasteiger partial charge in [0, 0.05) is 6.61 Å². The lowest BCUT2D eigenvalue weighted by molar-refractivity contribution is -0.133. The molecule has 1 saturated carbocycles. The van der Waals surface area contributed by atoms with E-state index in [1.807, 2.05) is 0 Å². The summed E-state index contributed by atoms with van der Waals surface area (Å²) in [6.45, 7) is 4.02. The molecule has 0 spiro atoms. The van der Waals surface area contributed by atoms with Gasteiger partial charge in [-0.15, -0.1) is 0 Å². The normalized spacial score (nSPS) is 29.6. The van der Waals surface area contributed by atoms with Crippen molar-refractivity contribution in [3.63, 3.8) is 0 Å². The lowest BCUT2D eigenvalue weighted by atomic mass is 9.69. The average molecular weight is 256 g/mol. The minimum absolute atomic E-state index is 0.0734. The second-order valence-corrected chi connectivity index (χ2v) is 5.59. The molecule has 1 aliphatic carbocycles. The summed E-state index contributed by atoms with van der Waals surface area (Å²) in [6, 6.07) is 0. The zero-order valence-electron chi connectivity index (χ0n) is 11.2. The number of allylic oxidation sites excluding steroid dienone is 1. The SMILES string of the molecule is CC(C)[C@H]1CC[C@H](CO)C[C@@H]1/C=C(\CO)C(=O)O. The van der Waals surface area contributed by atoms with Crippen molar-refractivity contribution in [1.82, 2.24) is 0 Å². The van der Waals surface area contributed by atoms with Gasteiger partial charge in [-0.1, -0.05) is 19.9 Å². The van der Waals surface area contributed by atoms with Crippen molar-refractivity contribution in [2.45, 2.75) is 33.1 Å². The van der Waals surface area contributed by atoms with Gasteiger partial charge in [0.05, 0.1) is 12.2 Å². The van der Waals surface area contributed by atoms with E-state index in [9.17, 15) is 9.90 Å². The van der Waals surface area contributed by atoms with E-state index in [0.717, 1.165) is 19.3 Å². The van der Waals surface area contributed by atoms with E-state index in [2.05, 4.69) is 13.8 Å². The van der Waals surface area contributed by atoms with E-state index >= 15 is 0 Å². The zero-order chi connectivity index (χ0) is 13.7. The summed E-state index contributed by atoms with van der Waals surface area (Å²) in [5.74, 6) is 0.281. The van der Waals surface area contributed by atoms with E-state index < -0.39 is 12.6 Å². The maximum absolute atomic E-state index is 11.0. The van der Waals surface area contributed by atoms with Crippen molar-refractivity contribution in [3.05, 3.63) is 11.6 Å². The Morgan fingerprint density at radius 2 is 2.00 bits per heavy atom. The Bertz CT molecular complexity index is 309. The van der Waals surface area contributed by atoms with Crippen molar-refractivity contribution in [1.29, 1.82) is 0 Å². The number of hydrogen-bond donors (Lipinski definition) is 3. The smallest absolute Gasteiger partial charge is 0.333 e. The van der Waals surface area contributed by atoms with Gasteiger partial charge in [-0.25, -0.2) is 4.79 Å². The Morgan fingerprint density at radius 1 is 1.33 bits per heavy atom. The summed E-state index contributed by atoms with van der Waals surface area (Å²) in [5.41, 5.74) is 0.0734. The molecule has 4 heteroatoms. The van der Waals surface area contributed by atoms with Crippen LogP contribution in [0.15, 0.2) is 11.6 Å².